The lowest BCUT2D eigenvalue weighted by molar-refractivity contribution is -0.141. The zero-order chi connectivity index (χ0) is 13.3. The van der Waals surface area contributed by atoms with Crippen LogP contribution in [0.1, 0.15) is 26.7 Å². The Balaban J connectivity index is 4.36. The van der Waals surface area contributed by atoms with Gasteiger partial charge in [0.2, 0.25) is 5.91 Å². The highest BCUT2D eigenvalue weighted by atomic mass is 16.5. The standard InChI is InChI=1S/C12H21NO4/c1-10(2)9-11(15)13(6-4-8-14)7-5-12(16)17-3/h9,14H,4-8H2,1-3H3. The summed E-state index contributed by atoms with van der Waals surface area (Å²) >= 11 is 0. The Morgan fingerprint density at radius 3 is 2.41 bits per heavy atom. The smallest absolute Gasteiger partial charge is 0.307 e. The summed E-state index contributed by atoms with van der Waals surface area (Å²) in [6.45, 7) is 4.45. The Labute approximate surface area is 102 Å². The molecule has 0 saturated carbocycles. The fourth-order valence-electron chi connectivity index (χ4n) is 1.26. The van der Waals surface area contributed by atoms with E-state index in [0.717, 1.165) is 5.57 Å². The number of aliphatic hydroxyl groups excluding tert-OH is 1. The van der Waals surface area contributed by atoms with Crippen molar-refractivity contribution in [2.24, 2.45) is 0 Å². The fourth-order valence-corrected chi connectivity index (χ4v) is 1.26. The molecule has 0 rings (SSSR count). The Kier molecular flexibility index (Phi) is 8.05. The number of ether oxygens (including phenoxy) is 1. The molecule has 98 valence electrons. The van der Waals surface area contributed by atoms with E-state index in [0.29, 0.717) is 19.5 Å². The average molecular weight is 243 g/mol. The molecule has 0 aliphatic rings. The number of carbonyl (C=O) groups excluding carboxylic acids is 2. The molecule has 0 atom stereocenters. The number of esters is 1. The summed E-state index contributed by atoms with van der Waals surface area (Å²) in [7, 11) is 1.32. The van der Waals surface area contributed by atoms with Gasteiger partial charge in [0.05, 0.1) is 13.5 Å². The van der Waals surface area contributed by atoms with E-state index in [1.807, 2.05) is 13.8 Å². The van der Waals surface area contributed by atoms with Gasteiger partial charge in [-0.25, -0.2) is 0 Å². The minimum absolute atomic E-state index is 0.0246. The zero-order valence-electron chi connectivity index (χ0n) is 10.7. The molecule has 0 fully saturated rings. The summed E-state index contributed by atoms with van der Waals surface area (Å²) in [6.07, 6.45) is 2.20. The van der Waals surface area contributed by atoms with Crippen LogP contribution in [0.3, 0.4) is 0 Å². The third kappa shape index (κ3) is 7.52. The maximum Gasteiger partial charge on any atom is 0.307 e. The molecular weight excluding hydrogens is 222 g/mol. The second-order valence-corrected chi connectivity index (χ2v) is 3.95. The first-order valence-corrected chi connectivity index (χ1v) is 5.62. The van der Waals surface area contributed by atoms with Crippen molar-refractivity contribution in [1.82, 2.24) is 4.90 Å². The van der Waals surface area contributed by atoms with Gasteiger partial charge in [-0.15, -0.1) is 0 Å². The van der Waals surface area contributed by atoms with Crippen molar-refractivity contribution in [3.63, 3.8) is 0 Å². The molecule has 17 heavy (non-hydrogen) atoms. The lowest BCUT2D eigenvalue weighted by Gasteiger charge is -2.20. The summed E-state index contributed by atoms with van der Waals surface area (Å²) in [5.41, 5.74) is 0.905. The van der Waals surface area contributed by atoms with Gasteiger partial charge in [-0.05, 0) is 20.3 Å². The van der Waals surface area contributed by atoms with Crippen LogP contribution in [0.25, 0.3) is 0 Å². The molecule has 0 aromatic carbocycles. The van der Waals surface area contributed by atoms with Crippen LogP contribution >= 0.6 is 0 Å². The van der Waals surface area contributed by atoms with Gasteiger partial charge in [0.1, 0.15) is 0 Å². The Hall–Kier alpha value is -1.36. The van der Waals surface area contributed by atoms with Crippen LogP contribution in [0.15, 0.2) is 11.6 Å². The van der Waals surface area contributed by atoms with Crippen LogP contribution in [0.2, 0.25) is 0 Å². The van der Waals surface area contributed by atoms with Gasteiger partial charge in [0.15, 0.2) is 0 Å². The molecule has 0 unspecified atom stereocenters. The van der Waals surface area contributed by atoms with E-state index in [4.69, 9.17) is 5.11 Å². The molecule has 0 radical (unpaired) electrons. The van der Waals surface area contributed by atoms with Crippen molar-refractivity contribution in [3.8, 4) is 0 Å². The summed E-state index contributed by atoms with van der Waals surface area (Å²) < 4.78 is 4.52. The predicted molar refractivity (Wildman–Crippen MR) is 64.3 cm³/mol. The van der Waals surface area contributed by atoms with Crippen molar-refractivity contribution in [3.05, 3.63) is 11.6 Å². The van der Waals surface area contributed by atoms with Crippen LogP contribution in [0.4, 0.5) is 0 Å². The molecule has 0 spiro atoms. The number of aliphatic hydroxyl groups is 1. The van der Waals surface area contributed by atoms with E-state index < -0.39 is 0 Å². The maximum absolute atomic E-state index is 11.8. The molecule has 1 N–H and O–H groups in total. The normalized spacial score (nSPS) is 9.65. The van der Waals surface area contributed by atoms with Gasteiger partial charge in [-0.3, -0.25) is 9.59 Å². The monoisotopic (exact) mass is 243 g/mol. The highest BCUT2D eigenvalue weighted by molar-refractivity contribution is 5.88. The largest absolute Gasteiger partial charge is 0.469 e. The van der Waals surface area contributed by atoms with Crippen LogP contribution in [-0.4, -0.2) is 48.7 Å². The molecule has 0 aromatic heterocycles. The molecule has 1 amide bonds. The van der Waals surface area contributed by atoms with Gasteiger partial charge in [-0.1, -0.05) is 5.57 Å². The van der Waals surface area contributed by atoms with E-state index in [9.17, 15) is 9.59 Å². The quantitative estimate of drug-likeness (QED) is 0.528. The number of hydrogen-bond acceptors (Lipinski definition) is 4. The average Bonchev–Trinajstić information content (AvgIpc) is 2.27. The zero-order valence-corrected chi connectivity index (χ0v) is 10.7. The number of rotatable bonds is 7. The van der Waals surface area contributed by atoms with Gasteiger partial charge in [-0.2, -0.15) is 0 Å². The maximum atomic E-state index is 11.8. The second kappa shape index (κ2) is 8.75. The van der Waals surface area contributed by atoms with Crippen molar-refractivity contribution in [1.29, 1.82) is 0 Å². The summed E-state index contributed by atoms with van der Waals surface area (Å²) in [6, 6.07) is 0. The SMILES string of the molecule is COC(=O)CCN(CCCO)C(=O)C=C(C)C. The highest BCUT2D eigenvalue weighted by Gasteiger charge is 2.12. The molecule has 0 saturated heterocycles. The summed E-state index contributed by atoms with van der Waals surface area (Å²) in [5, 5.41) is 8.76. The molecule has 0 aromatic rings. The fraction of sp³-hybridized carbons (Fsp3) is 0.667. The summed E-state index contributed by atoms with van der Waals surface area (Å²) in [5.74, 6) is -0.480. The van der Waals surface area contributed by atoms with E-state index in [1.54, 1.807) is 4.90 Å². The summed E-state index contributed by atoms with van der Waals surface area (Å²) in [4.78, 5) is 24.3. The number of nitrogens with zero attached hydrogens (tertiary/aromatic N) is 1. The molecule has 0 aliphatic carbocycles. The van der Waals surface area contributed by atoms with Crippen molar-refractivity contribution < 1.29 is 19.4 Å². The number of allylic oxidation sites excluding steroid dienone is 1. The van der Waals surface area contributed by atoms with Crippen LogP contribution in [-0.2, 0) is 14.3 Å². The number of hydrogen-bond donors (Lipinski definition) is 1. The van der Waals surface area contributed by atoms with E-state index in [-0.39, 0.29) is 24.9 Å². The highest BCUT2D eigenvalue weighted by Crippen LogP contribution is 2.00. The van der Waals surface area contributed by atoms with Gasteiger partial charge in [0, 0.05) is 25.8 Å². The number of methoxy groups -OCH3 is 1. The number of amides is 1. The van der Waals surface area contributed by atoms with Gasteiger partial charge >= 0.3 is 5.97 Å². The third-order valence-corrected chi connectivity index (χ3v) is 2.12. The molecule has 0 bridgehead atoms. The minimum atomic E-state index is -0.344. The number of carbonyl (C=O) groups is 2. The predicted octanol–water partition coefficient (Wildman–Crippen LogP) is 0.727. The first-order chi connectivity index (χ1) is 8.01. The van der Waals surface area contributed by atoms with Crippen molar-refractivity contribution in [2.75, 3.05) is 26.8 Å². The van der Waals surface area contributed by atoms with Crippen LogP contribution in [0.5, 0.6) is 0 Å². The lowest BCUT2D eigenvalue weighted by Crippen LogP contribution is -2.33. The third-order valence-electron chi connectivity index (χ3n) is 2.12. The Morgan fingerprint density at radius 1 is 1.29 bits per heavy atom. The molecular formula is C12H21NO4. The molecule has 0 heterocycles. The topological polar surface area (TPSA) is 66.8 Å². The first-order valence-electron chi connectivity index (χ1n) is 5.62. The van der Waals surface area contributed by atoms with Gasteiger partial charge in [0.25, 0.3) is 0 Å². The Bertz CT molecular complexity index is 282. The van der Waals surface area contributed by atoms with Crippen LogP contribution < -0.4 is 0 Å². The van der Waals surface area contributed by atoms with E-state index in [1.165, 1.54) is 13.2 Å². The Morgan fingerprint density at radius 2 is 1.94 bits per heavy atom. The molecule has 5 nitrogen and oxygen atoms in total. The van der Waals surface area contributed by atoms with Crippen molar-refractivity contribution in [2.45, 2.75) is 26.7 Å². The van der Waals surface area contributed by atoms with E-state index >= 15 is 0 Å². The lowest BCUT2D eigenvalue weighted by atomic mass is 10.2. The van der Waals surface area contributed by atoms with Crippen molar-refractivity contribution >= 4 is 11.9 Å². The second-order valence-electron chi connectivity index (χ2n) is 3.95. The van der Waals surface area contributed by atoms with E-state index in [2.05, 4.69) is 4.74 Å². The minimum Gasteiger partial charge on any atom is -0.469 e. The molecule has 5 heteroatoms. The molecule has 0 aliphatic heterocycles. The van der Waals surface area contributed by atoms with Crippen LogP contribution in [0, 0.1) is 0 Å². The first kappa shape index (κ1) is 15.6. The van der Waals surface area contributed by atoms with Gasteiger partial charge < -0.3 is 14.7 Å².